The zero-order valence-electron chi connectivity index (χ0n) is 10.8. The SMILES string of the molecule is O=[N+]([O-])c1ccc(CNc2cccnc2-n2cccn2)o1. The van der Waals surface area contributed by atoms with E-state index in [-0.39, 0.29) is 5.88 Å². The van der Waals surface area contributed by atoms with Crippen molar-refractivity contribution in [3.63, 3.8) is 0 Å². The summed E-state index contributed by atoms with van der Waals surface area (Å²) >= 11 is 0. The van der Waals surface area contributed by atoms with Crippen molar-refractivity contribution in [1.29, 1.82) is 0 Å². The number of nitrogens with one attached hydrogen (secondary N) is 1. The number of nitro groups is 1. The molecule has 1 N–H and O–H groups in total. The molecule has 3 aromatic rings. The van der Waals surface area contributed by atoms with Crippen molar-refractivity contribution in [2.45, 2.75) is 6.54 Å². The Hall–Kier alpha value is -3.16. The van der Waals surface area contributed by atoms with Gasteiger partial charge in [0.15, 0.2) is 5.82 Å². The molecule has 3 rings (SSSR count). The third kappa shape index (κ3) is 2.73. The van der Waals surface area contributed by atoms with E-state index in [1.807, 2.05) is 6.07 Å². The molecule has 0 bridgehead atoms. The molecular formula is C13H11N5O3. The summed E-state index contributed by atoms with van der Waals surface area (Å²) in [4.78, 5) is 14.3. The minimum absolute atomic E-state index is 0.273. The number of rotatable bonds is 5. The van der Waals surface area contributed by atoms with Gasteiger partial charge in [-0.15, -0.1) is 0 Å². The van der Waals surface area contributed by atoms with Crippen molar-refractivity contribution in [2.75, 3.05) is 5.32 Å². The highest BCUT2D eigenvalue weighted by Crippen LogP contribution is 2.20. The molecule has 0 fully saturated rings. The molecule has 0 saturated carbocycles. The van der Waals surface area contributed by atoms with Gasteiger partial charge < -0.3 is 9.73 Å². The topological polar surface area (TPSA) is 99.0 Å². The van der Waals surface area contributed by atoms with Crippen LogP contribution < -0.4 is 5.32 Å². The highest BCUT2D eigenvalue weighted by atomic mass is 16.6. The number of aromatic nitrogens is 3. The Morgan fingerprint density at radius 1 is 1.29 bits per heavy atom. The standard InChI is InChI=1S/C13H11N5O3/c19-18(20)12-5-4-10(21-12)9-15-11-3-1-6-14-13(11)17-8-2-7-16-17/h1-8,15H,9H2. The van der Waals surface area contributed by atoms with Crippen molar-refractivity contribution in [1.82, 2.24) is 14.8 Å². The number of nitrogens with zero attached hydrogens (tertiary/aromatic N) is 4. The predicted molar refractivity (Wildman–Crippen MR) is 74.0 cm³/mol. The van der Waals surface area contributed by atoms with Gasteiger partial charge >= 0.3 is 5.88 Å². The summed E-state index contributed by atoms with van der Waals surface area (Å²) in [5.74, 6) is 0.839. The lowest BCUT2D eigenvalue weighted by Gasteiger charge is -2.09. The van der Waals surface area contributed by atoms with Crippen molar-refractivity contribution in [3.8, 4) is 5.82 Å². The van der Waals surface area contributed by atoms with Gasteiger partial charge in [-0.3, -0.25) is 10.1 Å². The zero-order chi connectivity index (χ0) is 14.7. The lowest BCUT2D eigenvalue weighted by Crippen LogP contribution is -2.06. The zero-order valence-corrected chi connectivity index (χ0v) is 10.8. The first kappa shape index (κ1) is 12.9. The molecule has 0 aliphatic heterocycles. The average molecular weight is 285 g/mol. The summed E-state index contributed by atoms with van der Waals surface area (Å²) in [5, 5.41) is 17.8. The van der Waals surface area contributed by atoms with E-state index in [4.69, 9.17) is 4.42 Å². The lowest BCUT2D eigenvalue weighted by atomic mass is 10.3. The monoisotopic (exact) mass is 285 g/mol. The Bertz CT molecular complexity index is 751. The molecule has 0 aliphatic carbocycles. The third-order valence-electron chi connectivity index (χ3n) is 2.79. The lowest BCUT2D eigenvalue weighted by molar-refractivity contribution is -0.402. The fourth-order valence-electron chi connectivity index (χ4n) is 1.85. The van der Waals surface area contributed by atoms with Crippen LogP contribution in [0.2, 0.25) is 0 Å². The van der Waals surface area contributed by atoms with Gasteiger partial charge in [0.1, 0.15) is 10.7 Å². The van der Waals surface area contributed by atoms with Gasteiger partial charge in [0.05, 0.1) is 18.3 Å². The van der Waals surface area contributed by atoms with Gasteiger partial charge in [-0.1, -0.05) is 0 Å². The molecule has 0 saturated heterocycles. The van der Waals surface area contributed by atoms with Crippen LogP contribution in [0.3, 0.4) is 0 Å². The van der Waals surface area contributed by atoms with Gasteiger partial charge in [-0.05, 0) is 24.3 Å². The second-order valence-corrected chi connectivity index (χ2v) is 4.18. The quantitative estimate of drug-likeness (QED) is 0.570. The van der Waals surface area contributed by atoms with Crippen LogP contribution in [0.4, 0.5) is 11.6 Å². The van der Waals surface area contributed by atoms with E-state index in [0.29, 0.717) is 18.1 Å². The van der Waals surface area contributed by atoms with Crippen molar-refractivity contribution in [2.24, 2.45) is 0 Å². The Kier molecular flexibility index (Phi) is 3.34. The number of furan rings is 1. The van der Waals surface area contributed by atoms with Crippen molar-refractivity contribution >= 4 is 11.6 Å². The number of pyridine rings is 1. The fraction of sp³-hybridized carbons (Fsp3) is 0.0769. The summed E-state index contributed by atoms with van der Waals surface area (Å²) in [6, 6.07) is 8.33. The first-order chi connectivity index (χ1) is 10.2. The van der Waals surface area contributed by atoms with Crippen molar-refractivity contribution < 1.29 is 9.34 Å². The average Bonchev–Trinajstić information content (AvgIpc) is 3.17. The largest absolute Gasteiger partial charge is 0.433 e. The molecule has 0 aromatic carbocycles. The highest BCUT2D eigenvalue weighted by Gasteiger charge is 2.12. The van der Waals surface area contributed by atoms with E-state index in [9.17, 15) is 10.1 Å². The maximum Gasteiger partial charge on any atom is 0.433 e. The van der Waals surface area contributed by atoms with E-state index >= 15 is 0 Å². The van der Waals surface area contributed by atoms with Crippen LogP contribution in [0.15, 0.2) is 53.3 Å². The Morgan fingerprint density at radius 2 is 2.19 bits per heavy atom. The fourth-order valence-corrected chi connectivity index (χ4v) is 1.85. The first-order valence-electron chi connectivity index (χ1n) is 6.16. The molecule has 3 heterocycles. The van der Waals surface area contributed by atoms with Crippen LogP contribution in [-0.2, 0) is 6.54 Å². The van der Waals surface area contributed by atoms with Gasteiger partial charge in [-0.2, -0.15) is 5.10 Å². The summed E-state index contributed by atoms with van der Waals surface area (Å²) in [7, 11) is 0. The van der Waals surface area contributed by atoms with Crippen LogP contribution in [0.1, 0.15) is 5.76 Å². The van der Waals surface area contributed by atoms with Gasteiger partial charge in [0.2, 0.25) is 0 Å². The molecular weight excluding hydrogens is 274 g/mol. The molecule has 0 radical (unpaired) electrons. The molecule has 0 spiro atoms. The van der Waals surface area contributed by atoms with Crippen LogP contribution in [0.25, 0.3) is 5.82 Å². The third-order valence-corrected chi connectivity index (χ3v) is 2.79. The summed E-state index contributed by atoms with van der Waals surface area (Å²) in [5.41, 5.74) is 0.750. The number of hydrogen-bond donors (Lipinski definition) is 1. The van der Waals surface area contributed by atoms with E-state index in [1.165, 1.54) is 6.07 Å². The molecule has 106 valence electrons. The Labute approximate surface area is 119 Å². The minimum atomic E-state index is -0.567. The molecule has 8 nitrogen and oxygen atoms in total. The van der Waals surface area contributed by atoms with Crippen LogP contribution >= 0.6 is 0 Å². The second-order valence-electron chi connectivity index (χ2n) is 4.18. The minimum Gasteiger partial charge on any atom is -0.404 e. The molecule has 3 aromatic heterocycles. The second kappa shape index (κ2) is 5.45. The molecule has 8 heteroatoms. The van der Waals surface area contributed by atoms with Crippen LogP contribution in [0.5, 0.6) is 0 Å². The molecule has 0 unspecified atom stereocenters. The van der Waals surface area contributed by atoms with E-state index in [2.05, 4.69) is 15.4 Å². The Morgan fingerprint density at radius 3 is 2.90 bits per heavy atom. The van der Waals surface area contributed by atoms with E-state index in [0.717, 1.165) is 5.69 Å². The van der Waals surface area contributed by atoms with E-state index < -0.39 is 4.92 Å². The van der Waals surface area contributed by atoms with Gasteiger partial charge in [-0.25, -0.2) is 9.67 Å². The van der Waals surface area contributed by atoms with Gasteiger partial charge in [0, 0.05) is 18.6 Å². The van der Waals surface area contributed by atoms with Crippen molar-refractivity contribution in [3.05, 3.63) is 64.8 Å². The molecule has 21 heavy (non-hydrogen) atoms. The van der Waals surface area contributed by atoms with E-state index in [1.54, 1.807) is 41.5 Å². The van der Waals surface area contributed by atoms with Crippen LogP contribution in [0, 0.1) is 10.1 Å². The summed E-state index contributed by atoms with van der Waals surface area (Å²) < 4.78 is 6.72. The smallest absolute Gasteiger partial charge is 0.404 e. The number of anilines is 1. The van der Waals surface area contributed by atoms with Gasteiger partial charge in [0.25, 0.3) is 0 Å². The maximum atomic E-state index is 10.6. The highest BCUT2D eigenvalue weighted by molar-refractivity contribution is 5.56. The number of hydrogen-bond acceptors (Lipinski definition) is 6. The molecule has 0 aliphatic rings. The molecule has 0 atom stereocenters. The summed E-state index contributed by atoms with van der Waals surface area (Å²) in [6.07, 6.45) is 5.11. The molecule has 0 amide bonds. The van der Waals surface area contributed by atoms with Crippen LogP contribution in [-0.4, -0.2) is 19.7 Å². The normalized spacial score (nSPS) is 10.5. The maximum absolute atomic E-state index is 10.6. The Balaban J connectivity index is 1.77. The first-order valence-corrected chi connectivity index (χ1v) is 6.16. The predicted octanol–water partition coefficient (Wildman–Crippen LogP) is 2.38. The summed E-state index contributed by atoms with van der Waals surface area (Å²) in [6.45, 7) is 0.313.